The SMILES string of the molecule is C=C/C=C\c1cc(C)ccc1C.CC.CC. The normalized spacial score (nSPS) is 8.62. The minimum absolute atomic E-state index is 1.27. The number of hydrogen-bond acceptors (Lipinski definition) is 0. The Morgan fingerprint density at radius 1 is 1.00 bits per heavy atom. The maximum Gasteiger partial charge on any atom is -0.0225 e. The van der Waals surface area contributed by atoms with Crippen molar-refractivity contribution in [2.75, 3.05) is 0 Å². The molecule has 0 amide bonds. The maximum absolute atomic E-state index is 3.64. The molecule has 0 aromatic heterocycles. The molecule has 0 N–H and O–H groups in total. The summed E-state index contributed by atoms with van der Waals surface area (Å²) >= 11 is 0. The van der Waals surface area contributed by atoms with Crippen LogP contribution in [0.1, 0.15) is 44.4 Å². The Hall–Kier alpha value is -1.30. The summed E-state index contributed by atoms with van der Waals surface area (Å²) in [5.41, 5.74) is 3.87. The predicted molar refractivity (Wildman–Crippen MR) is 77.8 cm³/mol. The number of allylic oxidation sites excluding steroid dienone is 2. The summed E-state index contributed by atoms with van der Waals surface area (Å²) in [4.78, 5) is 0. The zero-order chi connectivity index (χ0) is 13.0. The topological polar surface area (TPSA) is 0 Å². The smallest absolute Gasteiger partial charge is 0.0225 e. The third-order valence-electron chi connectivity index (χ3n) is 1.85. The summed E-state index contributed by atoms with van der Waals surface area (Å²) in [5, 5.41) is 0. The molecule has 0 saturated carbocycles. The fourth-order valence-corrected chi connectivity index (χ4v) is 1.11. The van der Waals surface area contributed by atoms with Crippen LogP contribution in [0.4, 0.5) is 0 Å². The molecule has 0 radical (unpaired) electrons. The zero-order valence-corrected chi connectivity index (χ0v) is 11.7. The van der Waals surface area contributed by atoms with Gasteiger partial charge in [-0.3, -0.25) is 0 Å². The van der Waals surface area contributed by atoms with Crippen LogP contribution in [0.15, 0.2) is 36.9 Å². The number of rotatable bonds is 2. The van der Waals surface area contributed by atoms with Crippen LogP contribution in [0.2, 0.25) is 0 Å². The lowest BCUT2D eigenvalue weighted by atomic mass is 10.1. The van der Waals surface area contributed by atoms with Crippen molar-refractivity contribution in [2.45, 2.75) is 41.5 Å². The van der Waals surface area contributed by atoms with E-state index in [0.717, 1.165) is 0 Å². The van der Waals surface area contributed by atoms with Gasteiger partial charge in [-0.25, -0.2) is 0 Å². The van der Waals surface area contributed by atoms with Gasteiger partial charge in [0, 0.05) is 0 Å². The second-order valence-corrected chi connectivity index (χ2v) is 2.95. The van der Waals surface area contributed by atoms with E-state index in [9.17, 15) is 0 Å². The molecule has 0 fully saturated rings. The Balaban J connectivity index is 0. The lowest BCUT2D eigenvalue weighted by Crippen LogP contribution is -1.81. The number of benzene rings is 1. The van der Waals surface area contributed by atoms with Crippen LogP contribution in [0.5, 0.6) is 0 Å². The van der Waals surface area contributed by atoms with E-state index in [4.69, 9.17) is 0 Å². The largest absolute Gasteiger partial charge is 0.0991 e. The van der Waals surface area contributed by atoms with Gasteiger partial charge in [-0.05, 0) is 25.0 Å². The van der Waals surface area contributed by atoms with Gasteiger partial charge in [0.15, 0.2) is 0 Å². The molecule has 16 heavy (non-hydrogen) atoms. The molecular formula is C16H26. The Kier molecular flexibility index (Phi) is 12.6. The van der Waals surface area contributed by atoms with Crippen LogP contribution in [0, 0.1) is 13.8 Å². The molecule has 0 bridgehead atoms. The van der Waals surface area contributed by atoms with Gasteiger partial charge in [-0.1, -0.05) is 76.3 Å². The molecule has 0 unspecified atom stereocenters. The molecule has 1 aromatic rings. The van der Waals surface area contributed by atoms with Gasteiger partial charge in [-0.2, -0.15) is 0 Å². The molecule has 0 aliphatic heterocycles. The van der Waals surface area contributed by atoms with E-state index < -0.39 is 0 Å². The summed E-state index contributed by atoms with van der Waals surface area (Å²) in [5.74, 6) is 0. The average molecular weight is 218 g/mol. The van der Waals surface area contributed by atoms with Crippen LogP contribution in [-0.4, -0.2) is 0 Å². The summed E-state index contributed by atoms with van der Waals surface area (Å²) in [6, 6.07) is 6.44. The first kappa shape index (κ1) is 17.1. The molecule has 0 heterocycles. The lowest BCUT2D eigenvalue weighted by molar-refractivity contribution is 1.38. The second-order valence-electron chi connectivity index (χ2n) is 2.95. The first-order valence-corrected chi connectivity index (χ1v) is 6.10. The van der Waals surface area contributed by atoms with E-state index in [1.165, 1.54) is 16.7 Å². The molecule has 1 rings (SSSR count). The molecule has 0 spiro atoms. The summed E-state index contributed by atoms with van der Waals surface area (Å²) in [6.45, 7) is 15.9. The average Bonchev–Trinajstić information content (AvgIpc) is 2.35. The third kappa shape index (κ3) is 7.05. The van der Waals surface area contributed by atoms with Crippen molar-refractivity contribution in [3.05, 3.63) is 53.6 Å². The molecule has 0 nitrogen and oxygen atoms in total. The van der Waals surface area contributed by atoms with Crippen LogP contribution >= 0.6 is 0 Å². The Morgan fingerprint density at radius 2 is 1.56 bits per heavy atom. The predicted octanol–water partition coefficient (Wildman–Crippen LogP) is 5.56. The van der Waals surface area contributed by atoms with E-state index in [1.807, 2.05) is 33.8 Å². The fourth-order valence-electron chi connectivity index (χ4n) is 1.11. The van der Waals surface area contributed by atoms with E-state index in [0.29, 0.717) is 0 Å². The Morgan fingerprint density at radius 3 is 2.06 bits per heavy atom. The Bertz CT molecular complexity index is 306. The summed E-state index contributed by atoms with van der Waals surface area (Å²) in [7, 11) is 0. The lowest BCUT2D eigenvalue weighted by Gasteiger charge is -2.00. The van der Waals surface area contributed by atoms with Gasteiger partial charge in [0.1, 0.15) is 0 Å². The molecule has 1 aromatic carbocycles. The Labute approximate surface area is 102 Å². The highest BCUT2D eigenvalue weighted by Crippen LogP contribution is 2.11. The van der Waals surface area contributed by atoms with E-state index in [2.05, 4.69) is 44.7 Å². The van der Waals surface area contributed by atoms with E-state index in [1.54, 1.807) is 6.08 Å². The van der Waals surface area contributed by atoms with Crippen molar-refractivity contribution in [3.8, 4) is 0 Å². The molecule has 0 saturated heterocycles. The van der Waals surface area contributed by atoms with Crippen LogP contribution in [0.25, 0.3) is 6.08 Å². The molecule has 0 aliphatic rings. The van der Waals surface area contributed by atoms with Crippen LogP contribution in [0.3, 0.4) is 0 Å². The van der Waals surface area contributed by atoms with Gasteiger partial charge in [0.05, 0.1) is 0 Å². The van der Waals surface area contributed by atoms with Gasteiger partial charge < -0.3 is 0 Å². The summed E-state index contributed by atoms with van der Waals surface area (Å²) in [6.07, 6.45) is 5.83. The zero-order valence-electron chi connectivity index (χ0n) is 11.7. The van der Waals surface area contributed by atoms with Gasteiger partial charge in [-0.15, -0.1) is 0 Å². The molecule has 90 valence electrons. The van der Waals surface area contributed by atoms with Crippen molar-refractivity contribution in [2.24, 2.45) is 0 Å². The molecule has 0 heteroatoms. The van der Waals surface area contributed by atoms with E-state index in [-0.39, 0.29) is 0 Å². The maximum atomic E-state index is 3.64. The van der Waals surface area contributed by atoms with Gasteiger partial charge in [0.2, 0.25) is 0 Å². The van der Waals surface area contributed by atoms with Gasteiger partial charge in [0.25, 0.3) is 0 Å². The fraction of sp³-hybridized carbons (Fsp3) is 0.375. The quantitative estimate of drug-likeness (QED) is 0.570. The number of hydrogen-bond donors (Lipinski definition) is 0. The first-order valence-electron chi connectivity index (χ1n) is 6.10. The van der Waals surface area contributed by atoms with Crippen molar-refractivity contribution in [1.82, 2.24) is 0 Å². The monoisotopic (exact) mass is 218 g/mol. The van der Waals surface area contributed by atoms with E-state index >= 15 is 0 Å². The molecule has 0 atom stereocenters. The molecular weight excluding hydrogens is 192 g/mol. The minimum atomic E-state index is 1.27. The number of aryl methyl sites for hydroxylation is 2. The minimum Gasteiger partial charge on any atom is -0.0991 e. The first-order chi connectivity index (χ1) is 7.74. The van der Waals surface area contributed by atoms with Crippen molar-refractivity contribution in [1.29, 1.82) is 0 Å². The van der Waals surface area contributed by atoms with Crippen molar-refractivity contribution in [3.63, 3.8) is 0 Å². The van der Waals surface area contributed by atoms with Gasteiger partial charge >= 0.3 is 0 Å². The highest BCUT2D eigenvalue weighted by molar-refractivity contribution is 5.55. The van der Waals surface area contributed by atoms with Crippen LogP contribution in [-0.2, 0) is 0 Å². The van der Waals surface area contributed by atoms with Crippen LogP contribution < -0.4 is 0 Å². The standard InChI is InChI=1S/C12H14.2C2H6/c1-4-5-6-12-9-10(2)7-8-11(12)3;2*1-2/h4-9H,1H2,2-3H3;2*1-2H3/b6-5-;;. The van der Waals surface area contributed by atoms with Crippen molar-refractivity contribution < 1.29 is 0 Å². The molecule has 0 aliphatic carbocycles. The second kappa shape index (κ2) is 11.8. The highest BCUT2D eigenvalue weighted by atomic mass is 14.0. The highest BCUT2D eigenvalue weighted by Gasteiger charge is 1.92. The summed E-state index contributed by atoms with van der Waals surface area (Å²) < 4.78 is 0. The third-order valence-corrected chi connectivity index (χ3v) is 1.85. The van der Waals surface area contributed by atoms with Crippen molar-refractivity contribution >= 4 is 6.08 Å².